The Morgan fingerprint density at radius 1 is 1.35 bits per heavy atom. The van der Waals surface area contributed by atoms with Crippen LogP contribution >= 0.6 is 0 Å². The van der Waals surface area contributed by atoms with Gasteiger partial charge in [-0.1, -0.05) is 37.3 Å². The fourth-order valence-electron chi connectivity index (χ4n) is 0.741. The van der Waals surface area contributed by atoms with Gasteiger partial charge in [0.05, 0.1) is 6.61 Å². The van der Waals surface area contributed by atoms with Crippen LogP contribution in [0, 0.1) is 0 Å². The molecule has 0 aliphatic carbocycles. The van der Waals surface area contributed by atoms with Gasteiger partial charge in [0.2, 0.25) is 0 Å². The third-order valence-electron chi connectivity index (χ3n) is 1.65. The molecule has 0 spiro atoms. The van der Waals surface area contributed by atoms with Gasteiger partial charge >= 0.3 is 0 Å². The van der Waals surface area contributed by atoms with Gasteiger partial charge in [-0.2, -0.15) is 0 Å². The summed E-state index contributed by atoms with van der Waals surface area (Å²) < 4.78 is 4.93. The summed E-state index contributed by atoms with van der Waals surface area (Å²) in [6.45, 7) is 3.89. The number of carboxylic acid groups (broad SMARTS) is 1. The van der Waals surface area contributed by atoms with Crippen molar-refractivity contribution in [2.45, 2.75) is 26.9 Å². The number of benzene rings is 1. The maximum Gasteiger partial charge on any atom is 0.290 e. The molecule has 0 unspecified atom stereocenters. The fraction of sp³-hybridized carbons (Fsp3) is 0.385. The molecule has 0 radical (unpaired) electrons. The maximum absolute atomic E-state index is 9.81. The van der Waals surface area contributed by atoms with Crippen molar-refractivity contribution in [2.75, 3.05) is 7.11 Å². The first-order chi connectivity index (χ1) is 8.12. The van der Waals surface area contributed by atoms with E-state index in [0.29, 0.717) is 13.0 Å². The zero-order valence-electron chi connectivity index (χ0n) is 10.6. The van der Waals surface area contributed by atoms with Gasteiger partial charge in [-0.25, -0.2) is 0 Å². The summed E-state index contributed by atoms with van der Waals surface area (Å²) in [6, 6.07) is 10.1. The Kier molecular flexibility index (Phi) is 14.9. The zero-order valence-corrected chi connectivity index (χ0v) is 10.6. The van der Waals surface area contributed by atoms with E-state index >= 15 is 0 Å². The third-order valence-corrected chi connectivity index (χ3v) is 1.65. The third kappa shape index (κ3) is 17.0. The molecule has 1 aromatic rings. The van der Waals surface area contributed by atoms with E-state index in [1.165, 1.54) is 5.56 Å². The molecule has 0 aliphatic rings. The molecule has 0 amide bonds. The number of carbonyl (C=O) groups excluding carboxylic acids is 1. The van der Waals surface area contributed by atoms with Gasteiger partial charge in [0.1, 0.15) is 5.78 Å². The van der Waals surface area contributed by atoms with E-state index in [2.05, 4.69) is 0 Å². The fourth-order valence-corrected chi connectivity index (χ4v) is 0.741. The van der Waals surface area contributed by atoms with E-state index in [-0.39, 0.29) is 12.3 Å². The Bertz CT molecular complexity index is 283. The summed E-state index contributed by atoms with van der Waals surface area (Å²) in [4.78, 5) is 18.2. The Balaban J connectivity index is 0. The van der Waals surface area contributed by atoms with Gasteiger partial charge in [0, 0.05) is 13.5 Å². The van der Waals surface area contributed by atoms with Gasteiger partial charge in [0.25, 0.3) is 6.47 Å². The molecule has 0 fully saturated rings. The number of methoxy groups -OCH3 is 1. The van der Waals surface area contributed by atoms with Crippen molar-refractivity contribution < 1.29 is 19.4 Å². The summed E-state index contributed by atoms with van der Waals surface area (Å²) in [5.41, 5.74) is 1.22. The second kappa shape index (κ2) is 14.3. The number of carbonyl (C=O) groups is 2. The van der Waals surface area contributed by atoms with Crippen molar-refractivity contribution in [2.24, 2.45) is 0 Å². The Labute approximate surface area is 102 Å². The van der Waals surface area contributed by atoms with Crippen molar-refractivity contribution in [3.63, 3.8) is 0 Å². The van der Waals surface area contributed by atoms with Crippen molar-refractivity contribution >= 4 is 12.3 Å². The molecule has 96 valence electrons. The molecule has 1 rings (SSSR count). The number of hydrogen-bond acceptors (Lipinski definition) is 3. The van der Waals surface area contributed by atoms with Crippen molar-refractivity contribution in [1.29, 1.82) is 0 Å². The van der Waals surface area contributed by atoms with Gasteiger partial charge in [-0.15, -0.1) is 0 Å². The number of Topliss-reactive ketones (excluding diaryl/α,β-unsaturated/α-hetero) is 1. The standard InChI is InChI=1S/C8H10O.C4H8O.CH2O2/c1-9-7-8-5-3-2-4-6-8;1-3-4(2)5;2-1-3/h2-6H,7H2,1H3;3H2,1-2H3;1H,(H,2,3). The van der Waals surface area contributed by atoms with E-state index in [0.717, 1.165) is 0 Å². The molecule has 0 saturated carbocycles. The molecule has 17 heavy (non-hydrogen) atoms. The molecule has 1 aromatic carbocycles. The average Bonchev–Trinajstić information content (AvgIpc) is 2.32. The van der Waals surface area contributed by atoms with Crippen LogP contribution in [-0.4, -0.2) is 24.5 Å². The summed E-state index contributed by atoms with van der Waals surface area (Å²) in [5, 5.41) is 6.89. The lowest BCUT2D eigenvalue weighted by Crippen LogP contribution is -1.84. The molecule has 0 atom stereocenters. The van der Waals surface area contributed by atoms with Crippen LogP contribution in [0.2, 0.25) is 0 Å². The van der Waals surface area contributed by atoms with Gasteiger partial charge in [-0.05, 0) is 12.5 Å². The topological polar surface area (TPSA) is 63.6 Å². The molecule has 0 bridgehead atoms. The summed E-state index contributed by atoms with van der Waals surface area (Å²) in [5.74, 6) is 0.255. The van der Waals surface area contributed by atoms with Crippen LogP contribution in [0.25, 0.3) is 0 Å². The molecule has 4 nitrogen and oxygen atoms in total. The predicted molar refractivity (Wildman–Crippen MR) is 66.8 cm³/mol. The molecule has 0 saturated heterocycles. The smallest absolute Gasteiger partial charge is 0.290 e. The zero-order chi connectivity index (χ0) is 13.5. The van der Waals surface area contributed by atoms with Crippen LogP contribution in [0.4, 0.5) is 0 Å². The van der Waals surface area contributed by atoms with E-state index in [9.17, 15) is 4.79 Å². The normalized spacial score (nSPS) is 7.94. The molecule has 0 aliphatic heterocycles. The van der Waals surface area contributed by atoms with Crippen molar-refractivity contribution in [3.05, 3.63) is 35.9 Å². The monoisotopic (exact) mass is 240 g/mol. The van der Waals surface area contributed by atoms with Crippen LogP contribution in [0.3, 0.4) is 0 Å². The lowest BCUT2D eigenvalue weighted by atomic mass is 10.2. The highest BCUT2D eigenvalue weighted by molar-refractivity contribution is 5.74. The van der Waals surface area contributed by atoms with E-state index in [1.54, 1.807) is 14.0 Å². The maximum atomic E-state index is 9.81. The largest absolute Gasteiger partial charge is 0.483 e. The Hall–Kier alpha value is -1.68. The highest BCUT2D eigenvalue weighted by Gasteiger charge is 1.84. The quantitative estimate of drug-likeness (QED) is 0.824. The minimum atomic E-state index is -0.250. The van der Waals surface area contributed by atoms with Crippen molar-refractivity contribution in [1.82, 2.24) is 0 Å². The summed E-state index contributed by atoms with van der Waals surface area (Å²) >= 11 is 0. The molecular formula is C13H20O4. The van der Waals surface area contributed by atoms with E-state index in [4.69, 9.17) is 14.6 Å². The van der Waals surface area contributed by atoms with Crippen LogP contribution in [0.5, 0.6) is 0 Å². The molecule has 0 heterocycles. The average molecular weight is 240 g/mol. The molecule has 1 N–H and O–H groups in total. The van der Waals surface area contributed by atoms with Gasteiger partial charge < -0.3 is 14.6 Å². The minimum Gasteiger partial charge on any atom is -0.483 e. The first kappa shape index (κ1) is 17.7. The predicted octanol–water partition coefficient (Wildman–Crippen LogP) is 2.52. The highest BCUT2D eigenvalue weighted by Crippen LogP contribution is 1.98. The van der Waals surface area contributed by atoms with E-state index in [1.807, 2.05) is 37.3 Å². The van der Waals surface area contributed by atoms with Gasteiger partial charge in [-0.3, -0.25) is 4.79 Å². The second-order valence-corrected chi connectivity index (χ2v) is 3.08. The number of rotatable bonds is 3. The first-order valence-electron chi connectivity index (χ1n) is 5.22. The number of hydrogen-bond donors (Lipinski definition) is 1. The molecular weight excluding hydrogens is 220 g/mol. The van der Waals surface area contributed by atoms with Gasteiger partial charge in [0.15, 0.2) is 0 Å². The lowest BCUT2D eigenvalue weighted by Gasteiger charge is -1.95. The van der Waals surface area contributed by atoms with Crippen LogP contribution in [-0.2, 0) is 20.9 Å². The van der Waals surface area contributed by atoms with Crippen LogP contribution in [0.15, 0.2) is 30.3 Å². The second-order valence-electron chi connectivity index (χ2n) is 3.08. The Morgan fingerprint density at radius 3 is 2.06 bits per heavy atom. The van der Waals surface area contributed by atoms with Crippen molar-refractivity contribution in [3.8, 4) is 0 Å². The number of ether oxygens (including phenoxy) is 1. The van der Waals surface area contributed by atoms with Crippen LogP contribution in [0.1, 0.15) is 25.8 Å². The highest BCUT2D eigenvalue weighted by atomic mass is 16.5. The van der Waals surface area contributed by atoms with Crippen LogP contribution < -0.4 is 0 Å². The lowest BCUT2D eigenvalue weighted by molar-refractivity contribution is -0.123. The number of ketones is 1. The first-order valence-corrected chi connectivity index (χ1v) is 5.22. The minimum absolute atomic E-state index is 0.250. The molecule has 0 aromatic heterocycles. The SMILES string of the molecule is CCC(C)=O.COCc1ccccc1.O=CO. The molecule has 4 heteroatoms. The summed E-state index contributed by atoms with van der Waals surface area (Å²) in [7, 11) is 1.70. The Morgan fingerprint density at radius 2 is 1.76 bits per heavy atom. The summed E-state index contributed by atoms with van der Waals surface area (Å²) in [6.07, 6.45) is 0.667. The van der Waals surface area contributed by atoms with E-state index < -0.39 is 0 Å².